The second-order valence-corrected chi connectivity index (χ2v) is 6.02. The summed E-state index contributed by atoms with van der Waals surface area (Å²) in [6.07, 6.45) is -0.187. The van der Waals surface area contributed by atoms with E-state index in [4.69, 9.17) is 9.84 Å². The molecule has 0 aliphatic heterocycles. The fourth-order valence-corrected chi connectivity index (χ4v) is 2.78. The second-order valence-electron chi connectivity index (χ2n) is 3.91. The maximum Gasteiger partial charge on any atom is 0.339 e. The molecule has 1 aromatic carbocycles. The third kappa shape index (κ3) is 3.70. The number of benzene rings is 1. The number of nitrogens with one attached hydrogen (secondary N) is 1. The first-order valence-electron chi connectivity index (χ1n) is 5.66. The van der Waals surface area contributed by atoms with Crippen molar-refractivity contribution >= 4 is 21.7 Å². The molecule has 1 amide bonds. The topological polar surface area (TPSA) is 110 Å². The van der Waals surface area contributed by atoms with Gasteiger partial charge < -0.3 is 15.2 Å². The number of hydrogen-bond donors (Lipinski definition) is 2. The largest absolute Gasteiger partial charge is 0.496 e. The number of aromatic carboxylic acids is 1. The molecule has 0 aliphatic rings. The van der Waals surface area contributed by atoms with Crippen LogP contribution < -0.4 is 10.1 Å². The summed E-state index contributed by atoms with van der Waals surface area (Å²) in [4.78, 5) is 22.0. The number of sulfone groups is 1. The van der Waals surface area contributed by atoms with E-state index in [1.807, 2.05) is 0 Å². The predicted molar refractivity (Wildman–Crippen MR) is 70.7 cm³/mol. The first-order chi connectivity index (χ1) is 9.31. The molecule has 1 rings (SSSR count). The number of rotatable bonds is 6. The number of amides is 1. The van der Waals surface area contributed by atoms with Gasteiger partial charge in [-0.05, 0) is 18.2 Å². The van der Waals surface area contributed by atoms with E-state index in [0.717, 1.165) is 6.07 Å². The van der Waals surface area contributed by atoms with Gasteiger partial charge in [0.25, 0.3) is 0 Å². The van der Waals surface area contributed by atoms with E-state index in [1.165, 1.54) is 26.3 Å². The summed E-state index contributed by atoms with van der Waals surface area (Å²) in [5.74, 6) is -2.01. The molecule has 0 radical (unpaired) electrons. The van der Waals surface area contributed by atoms with Crippen LogP contribution in [0.2, 0.25) is 0 Å². The third-order valence-corrected chi connectivity index (χ3v) is 4.35. The number of hydrogen-bond acceptors (Lipinski definition) is 5. The molecule has 0 bridgehead atoms. The first-order valence-corrected chi connectivity index (χ1v) is 7.31. The monoisotopic (exact) mass is 301 g/mol. The van der Waals surface area contributed by atoms with Crippen molar-refractivity contribution in [1.29, 1.82) is 0 Å². The molecule has 0 spiro atoms. The Kier molecular flexibility index (Phi) is 5.09. The minimum absolute atomic E-state index is 0.0720. The average Bonchev–Trinajstić information content (AvgIpc) is 2.43. The van der Waals surface area contributed by atoms with E-state index >= 15 is 0 Å². The molecule has 110 valence electrons. The van der Waals surface area contributed by atoms with Crippen molar-refractivity contribution in [3.05, 3.63) is 23.8 Å². The van der Waals surface area contributed by atoms with E-state index in [-0.39, 0.29) is 22.6 Å². The smallest absolute Gasteiger partial charge is 0.339 e. The summed E-state index contributed by atoms with van der Waals surface area (Å²) in [5.41, 5.74) is -0.242. The lowest BCUT2D eigenvalue weighted by Gasteiger charge is -2.08. The van der Waals surface area contributed by atoms with Crippen LogP contribution in [-0.4, -0.2) is 45.3 Å². The highest BCUT2D eigenvalue weighted by Gasteiger charge is 2.20. The fraction of sp³-hybridized carbons (Fsp3) is 0.333. The molecule has 0 unspecified atom stereocenters. The third-order valence-electron chi connectivity index (χ3n) is 2.64. The van der Waals surface area contributed by atoms with E-state index in [2.05, 4.69) is 5.32 Å². The van der Waals surface area contributed by atoms with E-state index in [0.29, 0.717) is 0 Å². The molecule has 0 atom stereocenters. The zero-order valence-corrected chi connectivity index (χ0v) is 11.9. The SMILES string of the molecule is CNC(=O)CCS(=O)(=O)c1ccc(OC)c(C(=O)O)c1. The lowest BCUT2D eigenvalue weighted by Crippen LogP contribution is -2.21. The molecular formula is C12H15NO6S. The Morgan fingerprint density at radius 3 is 2.50 bits per heavy atom. The lowest BCUT2D eigenvalue weighted by molar-refractivity contribution is -0.120. The van der Waals surface area contributed by atoms with Crippen LogP contribution in [0.3, 0.4) is 0 Å². The Bertz CT molecular complexity index is 623. The van der Waals surface area contributed by atoms with Gasteiger partial charge in [0.05, 0.1) is 17.8 Å². The van der Waals surface area contributed by atoms with Crippen LogP contribution in [0.4, 0.5) is 0 Å². The molecule has 20 heavy (non-hydrogen) atoms. The lowest BCUT2D eigenvalue weighted by atomic mass is 10.2. The number of methoxy groups -OCH3 is 1. The van der Waals surface area contributed by atoms with E-state index < -0.39 is 27.5 Å². The van der Waals surface area contributed by atoms with Crippen LogP contribution in [0.15, 0.2) is 23.1 Å². The minimum Gasteiger partial charge on any atom is -0.496 e. The minimum atomic E-state index is -3.73. The molecule has 0 aromatic heterocycles. The van der Waals surface area contributed by atoms with Crippen LogP contribution in [0.5, 0.6) is 5.75 Å². The predicted octanol–water partition coefficient (Wildman–Crippen LogP) is 0.303. The Hall–Kier alpha value is -2.09. The molecule has 2 N–H and O–H groups in total. The van der Waals surface area contributed by atoms with Crippen molar-refractivity contribution < 1.29 is 27.9 Å². The van der Waals surface area contributed by atoms with Crippen LogP contribution in [0, 0.1) is 0 Å². The zero-order chi connectivity index (χ0) is 15.3. The number of carbonyl (C=O) groups excluding carboxylic acids is 1. The van der Waals surface area contributed by atoms with Gasteiger partial charge in [0.1, 0.15) is 11.3 Å². The summed E-state index contributed by atoms with van der Waals surface area (Å²) < 4.78 is 28.9. The second kappa shape index (κ2) is 6.38. The number of carbonyl (C=O) groups is 2. The van der Waals surface area contributed by atoms with Gasteiger partial charge in [-0.25, -0.2) is 13.2 Å². The Balaban J connectivity index is 3.10. The van der Waals surface area contributed by atoms with Gasteiger partial charge in [0.15, 0.2) is 9.84 Å². The van der Waals surface area contributed by atoms with Crippen LogP contribution in [-0.2, 0) is 14.6 Å². The molecule has 0 fully saturated rings. The van der Waals surface area contributed by atoms with Crippen molar-refractivity contribution in [3.63, 3.8) is 0 Å². The van der Waals surface area contributed by atoms with E-state index in [9.17, 15) is 18.0 Å². The van der Waals surface area contributed by atoms with Crippen molar-refractivity contribution in [2.75, 3.05) is 19.9 Å². The van der Waals surface area contributed by atoms with Crippen LogP contribution in [0.1, 0.15) is 16.8 Å². The highest BCUT2D eigenvalue weighted by molar-refractivity contribution is 7.91. The van der Waals surface area contributed by atoms with Gasteiger partial charge in [0, 0.05) is 13.5 Å². The van der Waals surface area contributed by atoms with E-state index in [1.54, 1.807) is 0 Å². The molecule has 0 saturated heterocycles. The number of carboxylic acid groups (broad SMARTS) is 1. The highest BCUT2D eigenvalue weighted by Crippen LogP contribution is 2.23. The molecule has 7 nitrogen and oxygen atoms in total. The zero-order valence-electron chi connectivity index (χ0n) is 11.0. The maximum atomic E-state index is 12.0. The van der Waals surface area contributed by atoms with Crippen molar-refractivity contribution in [3.8, 4) is 5.75 Å². The molecule has 0 saturated carbocycles. The summed E-state index contributed by atoms with van der Waals surface area (Å²) in [6.45, 7) is 0. The Morgan fingerprint density at radius 1 is 1.35 bits per heavy atom. The number of carboxylic acids is 1. The first kappa shape index (κ1) is 16.0. The Labute approximate surface area is 116 Å². The molecule has 0 heterocycles. The van der Waals surface area contributed by atoms with Gasteiger partial charge in [0.2, 0.25) is 5.91 Å². The fourth-order valence-electron chi connectivity index (χ4n) is 1.52. The summed E-state index contributed by atoms with van der Waals surface area (Å²) >= 11 is 0. The highest BCUT2D eigenvalue weighted by atomic mass is 32.2. The van der Waals surface area contributed by atoms with Gasteiger partial charge in [-0.15, -0.1) is 0 Å². The molecule has 8 heteroatoms. The van der Waals surface area contributed by atoms with Gasteiger partial charge >= 0.3 is 5.97 Å². The number of ether oxygens (including phenoxy) is 1. The quantitative estimate of drug-likeness (QED) is 0.782. The standard InChI is InChI=1S/C12H15NO6S/c1-13-11(14)5-6-20(17,18)8-3-4-10(19-2)9(7-8)12(15)16/h3-4,7H,5-6H2,1-2H3,(H,13,14)(H,15,16). The summed E-state index contributed by atoms with van der Waals surface area (Å²) in [7, 11) is -1.03. The van der Waals surface area contributed by atoms with Gasteiger partial charge in [-0.1, -0.05) is 0 Å². The Morgan fingerprint density at radius 2 is 2.00 bits per heavy atom. The van der Waals surface area contributed by atoms with Crippen molar-refractivity contribution in [2.24, 2.45) is 0 Å². The van der Waals surface area contributed by atoms with Crippen LogP contribution >= 0.6 is 0 Å². The van der Waals surface area contributed by atoms with Crippen molar-refractivity contribution in [1.82, 2.24) is 5.32 Å². The summed E-state index contributed by atoms with van der Waals surface area (Å²) in [5, 5.41) is 11.3. The van der Waals surface area contributed by atoms with Gasteiger partial charge in [-0.3, -0.25) is 4.79 Å². The van der Waals surface area contributed by atoms with Crippen LogP contribution in [0.25, 0.3) is 0 Å². The maximum absolute atomic E-state index is 12.0. The molecule has 1 aromatic rings. The normalized spacial score (nSPS) is 10.9. The van der Waals surface area contributed by atoms with Gasteiger partial charge in [-0.2, -0.15) is 0 Å². The van der Waals surface area contributed by atoms with Crippen molar-refractivity contribution in [2.45, 2.75) is 11.3 Å². The average molecular weight is 301 g/mol. The molecular weight excluding hydrogens is 286 g/mol. The molecule has 0 aliphatic carbocycles. The summed E-state index contributed by atoms with van der Waals surface area (Å²) in [6, 6.07) is 3.56.